The Bertz CT molecular complexity index is 514. The molecule has 1 aliphatic heterocycles. The van der Waals surface area contributed by atoms with Crippen LogP contribution < -0.4 is 5.32 Å². The van der Waals surface area contributed by atoms with Crippen LogP contribution in [-0.4, -0.2) is 82.9 Å². The third kappa shape index (κ3) is 7.50. The predicted molar refractivity (Wildman–Crippen MR) is 102 cm³/mol. The Morgan fingerprint density at radius 1 is 1.32 bits per heavy atom. The SMILES string of the molecule is CCNC(=NCCS(=O)(=O)C(C)(C)C)N1CCC(COCCOC)C1. The minimum Gasteiger partial charge on any atom is -0.382 e. The van der Waals surface area contributed by atoms with Crippen molar-refractivity contribution in [3.8, 4) is 0 Å². The number of hydrogen-bond donors (Lipinski definition) is 1. The largest absolute Gasteiger partial charge is 0.382 e. The van der Waals surface area contributed by atoms with Crippen LogP contribution in [-0.2, 0) is 19.3 Å². The third-order valence-electron chi connectivity index (χ3n) is 4.26. The van der Waals surface area contributed by atoms with E-state index in [1.165, 1.54) is 0 Å². The van der Waals surface area contributed by atoms with Gasteiger partial charge in [-0.15, -0.1) is 0 Å². The standard InChI is InChI=1S/C17H35N3O4S/c1-6-18-16(19-8-12-25(21,22)17(2,3)4)20-9-7-15(13-20)14-24-11-10-23-5/h15H,6-14H2,1-5H3,(H,18,19). The first-order valence-corrected chi connectivity index (χ1v) is 10.7. The van der Waals surface area contributed by atoms with Crippen LogP contribution in [0, 0.1) is 5.92 Å². The molecule has 0 aromatic heterocycles. The average molecular weight is 378 g/mol. The number of rotatable bonds is 9. The van der Waals surface area contributed by atoms with Crippen LogP contribution in [0.3, 0.4) is 0 Å². The molecule has 0 bridgehead atoms. The maximum atomic E-state index is 12.2. The number of ether oxygens (including phenoxy) is 2. The minimum absolute atomic E-state index is 0.0722. The first kappa shape index (κ1) is 22.2. The fourth-order valence-electron chi connectivity index (χ4n) is 2.56. The van der Waals surface area contributed by atoms with E-state index in [4.69, 9.17) is 9.47 Å². The van der Waals surface area contributed by atoms with E-state index >= 15 is 0 Å². The molecule has 0 radical (unpaired) electrons. The molecule has 8 heteroatoms. The van der Waals surface area contributed by atoms with Crippen LogP contribution in [0.5, 0.6) is 0 Å². The Hall–Kier alpha value is -0.860. The number of nitrogens with one attached hydrogen (secondary N) is 1. The Morgan fingerprint density at radius 3 is 2.64 bits per heavy atom. The van der Waals surface area contributed by atoms with Gasteiger partial charge in [-0.2, -0.15) is 0 Å². The number of nitrogens with zero attached hydrogens (tertiary/aromatic N) is 2. The van der Waals surface area contributed by atoms with Crippen molar-refractivity contribution in [3.63, 3.8) is 0 Å². The maximum absolute atomic E-state index is 12.2. The van der Waals surface area contributed by atoms with Crippen LogP contribution in [0.25, 0.3) is 0 Å². The van der Waals surface area contributed by atoms with Gasteiger partial charge in [0.2, 0.25) is 0 Å². The topological polar surface area (TPSA) is 80.2 Å². The molecule has 1 unspecified atom stereocenters. The molecule has 0 spiro atoms. The fraction of sp³-hybridized carbons (Fsp3) is 0.941. The maximum Gasteiger partial charge on any atom is 0.193 e. The lowest BCUT2D eigenvalue weighted by molar-refractivity contribution is 0.0536. The van der Waals surface area contributed by atoms with Crippen molar-refractivity contribution in [2.45, 2.75) is 38.9 Å². The molecule has 1 fully saturated rings. The molecule has 1 N–H and O–H groups in total. The Labute approximate surface area is 153 Å². The zero-order chi connectivity index (χ0) is 18.9. The van der Waals surface area contributed by atoms with E-state index in [1.54, 1.807) is 27.9 Å². The van der Waals surface area contributed by atoms with E-state index in [2.05, 4.69) is 15.2 Å². The number of likely N-dealkylation sites (tertiary alicyclic amines) is 1. The van der Waals surface area contributed by atoms with E-state index in [1.807, 2.05) is 6.92 Å². The van der Waals surface area contributed by atoms with Crippen molar-refractivity contribution >= 4 is 15.8 Å². The molecule has 1 heterocycles. The molecular formula is C17H35N3O4S. The van der Waals surface area contributed by atoms with Gasteiger partial charge < -0.3 is 19.7 Å². The van der Waals surface area contributed by atoms with E-state index < -0.39 is 14.6 Å². The van der Waals surface area contributed by atoms with E-state index in [0.717, 1.165) is 38.6 Å². The molecule has 0 aromatic carbocycles. The second-order valence-corrected chi connectivity index (χ2v) is 10.2. The fourth-order valence-corrected chi connectivity index (χ4v) is 3.50. The number of sulfone groups is 1. The molecule has 25 heavy (non-hydrogen) atoms. The third-order valence-corrected chi connectivity index (χ3v) is 6.85. The Balaban J connectivity index is 2.53. The molecule has 1 atom stereocenters. The van der Waals surface area contributed by atoms with Gasteiger partial charge in [0.25, 0.3) is 0 Å². The highest BCUT2D eigenvalue weighted by Gasteiger charge is 2.29. The van der Waals surface area contributed by atoms with Gasteiger partial charge in [0.05, 0.1) is 36.9 Å². The normalized spacial score (nSPS) is 19.5. The minimum atomic E-state index is -3.15. The predicted octanol–water partition coefficient (Wildman–Crippen LogP) is 1.15. The first-order chi connectivity index (χ1) is 11.7. The summed E-state index contributed by atoms with van der Waals surface area (Å²) in [6.45, 7) is 12.0. The number of hydrogen-bond acceptors (Lipinski definition) is 5. The summed E-state index contributed by atoms with van der Waals surface area (Å²) < 4.78 is 34.3. The van der Waals surface area contributed by atoms with Gasteiger partial charge >= 0.3 is 0 Å². The number of guanidine groups is 1. The highest BCUT2D eigenvalue weighted by molar-refractivity contribution is 7.92. The number of aliphatic imine (C=N–C) groups is 1. The summed E-state index contributed by atoms with van der Waals surface area (Å²) in [5.41, 5.74) is 0. The molecule has 7 nitrogen and oxygen atoms in total. The highest BCUT2D eigenvalue weighted by atomic mass is 32.2. The van der Waals surface area contributed by atoms with Crippen molar-refractivity contribution in [3.05, 3.63) is 0 Å². The molecule has 1 saturated heterocycles. The van der Waals surface area contributed by atoms with Gasteiger partial charge in [0, 0.05) is 32.7 Å². The highest BCUT2D eigenvalue weighted by Crippen LogP contribution is 2.18. The summed E-state index contributed by atoms with van der Waals surface area (Å²) in [7, 11) is -1.48. The van der Waals surface area contributed by atoms with Gasteiger partial charge in [-0.05, 0) is 34.1 Å². The van der Waals surface area contributed by atoms with Crippen LogP contribution in [0.4, 0.5) is 0 Å². The summed E-state index contributed by atoms with van der Waals surface area (Å²) in [6, 6.07) is 0. The summed E-state index contributed by atoms with van der Waals surface area (Å²) in [6.07, 6.45) is 1.05. The monoisotopic (exact) mass is 377 g/mol. The zero-order valence-electron chi connectivity index (χ0n) is 16.4. The quantitative estimate of drug-likeness (QED) is 0.369. The lowest BCUT2D eigenvalue weighted by Gasteiger charge is -2.22. The van der Waals surface area contributed by atoms with Gasteiger partial charge in [-0.1, -0.05) is 0 Å². The van der Waals surface area contributed by atoms with Gasteiger partial charge in [-0.3, -0.25) is 4.99 Å². The van der Waals surface area contributed by atoms with E-state index in [-0.39, 0.29) is 12.3 Å². The van der Waals surface area contributed by atoms with E-state index in [0.29, 0.717) is 19.1 Å². The van der Waals surface area contributed by atoms with Crippen LogP contribution in [0.1, 0.15) is 34.1 Å². The first-order valence-electron chi connectivity index (χ1n) is 9.03. The molecule has 0 amide bonds. The lowest BCUT2D eigenvalue weighted by atomic mass is 10.1. The molecule has 1 aliphatic rings. The van der Waals surface area contributed by atoms with Crippen molar-refractivity contribution in [2.24, 2.45) is 10.9 Å². The van der Waals surface area contributed by atoms with Crippen LogP contribution in [0.2, 0.25) is 0 Å². The second-order valence-electron chi connectivity index (χ2n) is 7.34. The van der Waals surface area contributed by atoms with Crippen LogP contribution >= 0.6 is 0 Å². The smallest absolute Gasteiger partial charge is 0.193 e. The molecule has 0 aromatic rings. The molecule has 0 aliphatic carbocycles. The summed E-state index contributed by atoms with van der Waals surface area (Å²) in [4.78, 5) is 6.72. The van der Waals surface area contributed by atoms with Crippen molar-refractivity contribution in [2.75, 3.05) is 58.9 Å². The zero-order valence-corrected chi connectivity index (χ0v) is 17.2. The van der Waals surface area contributed by atoms with Gasteiger partial charge in [-0.25, -0.2) is 8.42 Å². The number of methoxy groups -OCH3 is 1. The van der Waals surface area contributed by atoms with Gasteiger partial charge in [0.1, 0.15) is 0 Å². The lowest BCUT2D eigenvalue weighted by Crippen LogP contribution is -2.41. The average Bonchev–Trinajstić information content (AvgIpc) is 2.98. The molecule has 148 valence electrons. The molecule has 1 rings (SSSR count). The Kier molecular flexibility index (Phi) is 9.16. The second kappa shape index (κ2) is 10.3. The van der Waals surface area contributed by atoms with Crippen molar-refractivity contribution in [1.29, 1.82) is 0 Å². The van der Waals surface area contributed by atoms with Gasteiger partial charge in [0.15, 0.2) is 15.8 Å². The van der Waals surface area contributed by atoms with Crippen molar-refractivity contribution in [1.82, 2.24) is 10.2 Å². The van der Waals surface area contributed by atoms with Crippen molar-refractivity contribution < 1.29 is 17.9 Å². The molecular weight excluding hydrogens is 342 g/mol. The Morgan fingerprint density at radius 2 is 2.04 bits per heavy atom. The summed E-state index contributed by atoms with van der Waals surface area (Å²) in [5, 5.41) is 3.27. The summed E-state index contributed by atoms with van der Waals surface area (Å²) >= 11 is 0. The summed E-state index contributed by atoms with van der Waals surface area (Å²) in [5.74, 6) is 1.34. The van der Waals surface area contributed by atoms with E-state index in [9.17, 15) is 8.42 Å². The molecule has 0 saturated carbocycles. The van der Waals surface area contributed by atoms with Crippen LogP contribution in [0.15, 0.2) is 4.99 Å².